The second kappa shape index (κ2) is 7.76. The molecular weight excluding hydrogens is 413 g/mol. The van der Waals surface area contributed by atoms with Gasteiger partial charge in [-0.2, -0.15) is 0 Å². The Kier molecular flexibility index (Phi) is 5.15. The highest BCUT2D eigenvalue weighted by Gasteiger charge is 2.56. The number of ether oxygens (including phenoxy) is 1. The fourth-order valence-corrected chi connectivity index (χ4v) is 6.39. The number of nitrogens with one attached hydrogen (secondary N) is 1. The number of carbonyl (C=O) groups excluding carboxylic acids is 1. The molecule has 0 spiro atoms. The molecule has 2 N–H and O–H groups in total. The molecule has 7 nitrogen and oxygen atoms in total. The summed E-state index contributed by atoms with van der Waals surface area (Å²) in [5.74, 6) is 1.75. The van der Waals surface area contributed by atoms with Crippen molar-refractivity contribution in [3.05, 3.63) is 29.6 Å². The lowest BCUT2D eigenvalue weighted by Gasteiger charge is -2.58. The Bertz CT molecular complexity index is 1010. The first kappa shape index (κ1) is 21.2. The van der Waals surface area contributed by atoms with E-state index in [0.717, 1.165) is 37.5 Å². The van der Waals surface area contributed by atoms with Gasteiger partial charge in [0.2, 0.25) is 0 Å². The molecule has 172 valence electrons. The number of aliphatic hydroxyl groups is 1. The number of carbonyl (C=O) groups is 1. The molecule has 0 saturated heterocycles. The highest BCUT2D eigenvalue weighted by atomic mass is 19.1. The lowest BCUT2D eigenvalue weighted by molar-refractivity contribution is -0.168. The number of aromatic nitrogens is 1. The summed E-state index contributed by atoms with van der Waals surface area (Å²) >= 11 is 0. The predicted molar refractivity (Wildman–Crippen MR) is 117 cm³/mol. The van der Waals surface area contributed by atoms with Crippen LogP contribution in [0.4, 0.5) is 10.2 Å². The van der Waals surface area contributed by atoms with Crippen LogP contribution in [-0.2, 0) is 0 Å². The van der Waals surface area contributed by atoms with Gasteiger partial charge >= 0.3 is 0 Å². The minimum atomic E-state index is -0.863. The van der Waals surface area contributed by atoms with E-state index in [9.17, 15) is 14.3 Å². The molecule has 32 heavy (non-hydrogen) atoms. The maximum absolute atomic E-state index is 13.9. The van der Waals surface area contributed by atoms with Gasteiger partial charge in [0, 0.05) is 26.2 Å². The van der Waals surface area contributed by atoms with Crippen LogP contribution in [0.1, 0.15) is 42.5 Å². The zero-order valence-corrected chi connectivity index (χ0v) is 18.7. The van der Waals surface area contributed by atoms with Crippen molar-refractivity contribution in [1.29, 1.82) is 0 Å². The summed E-state index contributed by atoms with van der Waals surface area (Å²) in [5, 5.41) is 18.6. The molecule has 1 amide bonds. The molecule has 6 rings (SSSR count). The molecule has 4 fully saturated rings. The van der Waals surface area contributed by atoms with E-state index < -0.39 is 11.4 Å². The zero-order chi connectivity index (χ0) is 22.6. The Morgan fingerprint density at radius 3 is 2.50 bits per heavy atom. The Balaban J connectivity index is 1.42. The summed E-state index contributed by atoms with van der Waals surface area (Å²) in [6, 6.07) is 4.28. The summed E-state index contributed by atoms with van der Waals surface area (Å²) in [7, 11) is 4.93. The van der Waals surface area contributed by atoms with E-state index in [4.69, 9.17) is 9.26 Å². The maximum Gasteiger partial charge on any atom is 0.259 e. The van der Waals surface area contributed by atoms with Gasteiger partial charge in [0.25, 0.3) is 5.91 Å². The highest BCUT2D eigenvalue weighted by molar-refractivity contribution is 6.04. The van der Waals surface area contributed by atoms with Crippen LogP contribution in [0.5, 0.6) is 5.75 Å². The molecule has 0 radical (unpaired) electrons. The van der Waals surface area contributed by atoms with Gasteiger partial charge in [-0.25, -0.2) is 4.39 Å². The van der Waals surface area contributed by atoms with E-state index in [-0.39, 0.29) is 41.4 Å². The average molecular weight is 444 g/mol. The predicted octanol–water partition coefficient (Wildman–Crippen LogP) is 3.47. The first-order valence-electron chi connectivity index (χ1n) is 11.3. The van der Waals surface area contributed by atoms with Crippen molar-refractivity contribution in [2.75, 3.05) is 32.6 Å². The van der Waals surface area contributed by atoms with E-state index in [1.54, 1.807) is 19.0 Å². The molecule has 4 bridgehead atoms. The molecule has 1 aromatic heterocycles. The van der Waals surface area contributed by atoms with Crippen molar-refractivity contribution in [2.45, 2.75) is 37.7 Å². The Morgan fingerprint density at radius 2 is 1.91 bits per heavy atom. The van der Waals surface area contributed by atoms with Gasteiger partial charge in [0.05, 0.1) is 12.7 Å². The molecule has 4 saturated carbocycles. The fourth-order valence-electron chi connectivity index (χ4n) is 6.39. The van der Waals surface area contributed by atoms with Gasteiger partial charge in [0.1, 0.15) is 5.56 Å². The fraction of sp³-hybridized carbons (Fsp3) is 0.583. The lowest BCUT2D eigenvalue weighted by atomic mass is 9.50. The second-order valence-corrected chi connectivity index (χ2v) is 9.93. The smallest absolute Gasteiger partial charge is 0.259 e. The first-order valence-corrected chi connectivity index (χ1v) is 11.3. The van der Waals surface area contributed by atoms with Crippen LogP contribution in [0.25, 0.3) is 11.3 Å². The van der Waals surface area contributed by atoms with Gasteiger partial charge < -0.3 is 24.6 Å². The molecule has 2 aromatic rings. The zero-order valence-electron chi connectivity index (χ0n) is 18.7. The summed E-state index contributed by atoms with van der Waals surface area (Å²) in [4.78, 5) is 15.1. The van der Waals surface area contributed by atoms with Crippen LogP contribution in [0.3, 0.4) is 0 Å². The van der Waals surface area contributed by atoms with E-state index in [1.165, 1.54) is 31.7 Å². The first-order chi connectivity index (χ1) is 15.3. The van der Waals surface area contributed by atoms with Gasteiger partial charge in [-0.15, -0.1) is 0 Å². The molecule has 4 aliphatic carbocycles. The largest absolute Gasteiger partial charge is 0.494 e. The molecule has 1 heterocycles. The van der Waals surface area contributed by atoms with E-state index >= 15 is 0 Å². The summed E-state index contributed by atoms with van der Waals surface area (Å²) in [6.45, 7) is 0.213. The Labute approximate surface area is 186 Å². The molecule has 0 unspecified atom stereocenters. The van der Waals surface area contributed by atoms with E-state index in [0.29, 0.717) is 11.4 Å². The van der Waals surface area contributed by atoms with Crippen LogP contribution >= 0.6 is 0 Å². The quantitative estimate of drug-likeness (QED) is 0.711. The van der Waals surface area contributed by atoms with Crippen LogP contribution in [0.15, 0.2) is 22.7 Å². The number of rotatable bonds is 6. The standard InChI is InChI=1S/C24H30FN3O4/c1-28(2)22-20(21(32-27-22)15-4-5-18(25)19(11-15)31-3)23(29)26-12-24(30)16-7-13-6-14(9-16)10-17(24)8-13/h4-5,11,13-14,16-17,30H,6-10,12H2,1-3H3,(H,26,29). The number of nitrogens with zero attached hydrogens (tertiary/aromatic N) is 2. The average Bonchev–Trinajstić information content (AvgIpc) is 3.21. The Hall–Kier alpha value is -2.61. The number of hydrogen-bond acceptors (Lipinski definition) is 6. The van der Waals surface area contributed by atoms with Crippen LogP contribution in [0.2, 0.25) is 0 Å². The normalized spacial score (nSPS) is 30.4. The van der Waals surface area contributed by atoms with Crippen molar-refractivity contribution < 1.29 is 23.6 Å². The third kappa shape index (κ3) is 3.36. The third-order valence-corrected chi connectivity index (χ3v) is 7.82. The monoisotopic (exact) mass is 443 g/mol. The lowest BCUT2D eigenvalue weighted by Crippen LogP contribution is -2.62. The molecule has 8 heteroatoms. The summed E-state index contributed by atoms with van der Waals surface area (Å²) < 4.78 is 24.5. The van der Waals surface area contributed by atoms with Gasteiger partial charge in [-0.1, -0.05) is 5.16 Å². The molecule has 1 aromatic carbocycles. The summed E-state index contributed by atoms with van der Waals surface area (Å²) in [6.07, 6.45) is 5.51. The summed E-state index contributed by atoms with van der Waals surface area (Å²) in [5.41, 5.74) is -0.115. The molecule has 4 aliphatic rings. The number of halogens is 1. The van der Waals surface area contributed by atoms with Crippen LogP contribution in [0, 0.1) is 29.5 Å². The number of amides is 1. The van der Waals surface area contributed by atoms with Crippen molar-refractivity contribution in [1.82, 2.24) is 10.5 Å². The molecular formula is C24H30FN3O4. The van der Waals surface area contributed by atoms with Crippen molar-refractivity contribution in [3.63, 3.8) is 0 Å². The van der Waals surface area contributed by atoms with Crippen LogP contribution in [-0.4, -0.2) is 49.5 Å². The third-order valence-electron chi connectivity index (χ3n) is 7.82. The number of hydrogen-bond donors (Lipinski definition) is 2. The SMILES string of the molecule is COc1cc(-c2onc(N(C)C)c2C(=O)NCC2(O)C3CC4CC(C3)CC2C4)ccc1F. The molecule has 0 atom stereocenters. The number of methoxy groups -OCH3 is 1. The van der Waals surface area contributed by atoms with E-state index in [2.05, 4.69) is 10.5 Å². The van der Waals surface area contributed by atoms with Gasteiger partial charge in [-0.3, -0.25) is 4.79 Å². The second-order valence-electron chi connectivity index (χ2n) is 9.93. The minimum Gasteiger partial charge on any atom is -0.494 e. The van der Waals surface area contributed by atoms with Gasteiger partial charge in [0.15, 0.2) is 23.1 Å². The van der Waals surface area contributed by atoms with E-state index in [1.807, 2.05) is 0 Å². The topological polar surface area (TPSA) is 87.8 Å². The highest BCUT2D eigenvalue weighted by Crippen LogP contribution is 2.58. The van der Waals surface area contributed by atoms with Crippen molar-refractivity contribution in [2.24, 2.45) is 23.7 Å². The van der Waals surface area contributed by atoms with Crippen molar-refractivity contribution >= 4 is 11.7 Å². The number of benzene rings is 1. The minimum absolute atomic E-state index is 0.0552. The van der Waals surface area contributed by atoms with Crippen molar-refractivity contribution in [3.8, 4) is 17.1 Å². The van der Waals surface area contributed by atoms with Gasteiger partial charge in [-0.05, 0) is 74.0 Å². The van der Waals surface area contributed by atoms with Crippen LogP contribution < -0.4 is 15.0 Å². The molecule has 0 aliphatic heterocycles. The Morgan fingerprint density at radius 1 is 1.25 bits per heavy atom. The maximum atomic E-state index is 13.9. The number of anilines is 1.